The molecule has 16 heavy (non-hydrogen) atoms. The Kier molecular flexibility index (Phi) is 6.53. The van der Waals surface area contributed by atoms with Crippen molar-refractivity contribution in [2.75, 3.05) is 46.9 Å². The lowest BCUT2D eigenvalue weighted by Gasteiger charge is -2.27. The molecule has 96 valence electrons. The van der Waals surface area contributed by atoms with Crippen LogP contribution in [-0.4, -0.2) is 60.4 Å². The second kappa shape index (κ2) is 7.40. The third-order valence-corrected chi connectivity index (χ3v) is 6.42. The largest absolute Gasteiger partial charge is 0.398 e. The van der Waals surface area contributed by atoms with Crippen molar-refractivity contribution in [1.82, 2.24) is 10.2 Å². The fourth-order valence-electron chi connectivity index (χ4n) is 2.00. The molecule has 1 aliphatic rings. The molecule has 0 saturated carbocycles. The molecule has 1 aliphatic heterocycles. The summed E-state index contributed by atoms with van der Waals surface area (Å²) < 4.78 is 10.9. The Morgan fingerprint density at radius 3 is 2.31 bits per heavy atom. The smallest absolute Gasteiger partial charge is 0.334 e. The Morgan fingerprint density at radius 1 is 1.12 bits per heavy atom. The van der Waals surface area contributed by atoms with E-state index in [-0.39, 0.29) is 0 Å². The monoisotopic (exact) mass is 246 g/mol. The van der Waals surface area contributed by atoms with Crippen molar-refractivity contribution in [3.63, 3.8) is 0 Å². The standard InChI is InChI=1S/C11H26N2O2Si/c1-14-16(3,15-2)11-5-4-8-13-9-6-12-7-10-13/h12H,4-11H2,1-3H3. The van der Waals surface area contributed by atoms with Crippen LogP contribution < -0.4 is 5.32 Å². The molecule has 0 bridgehead atoms. The summed E-state index contributed by atoms with van der Waals surface area (Å²) in [5.41, 5.74) is 0. The molecule has 0 aromatic heterocycles. The third-order valence-electron chi connectivity index (χ3n) is 3.43. The minimum atomic E-state index is -1.81. The van der Waals surface area contributed by atoms with Crippen LogP contribution in [-0.2, 0) is 8.85 Å². The van der Waals surface area contributed by atoms with Crippen LogP contribution in [0.2, 0.25) is 12.6 Å². The van der Waals surface area contributed by atoms with Gasteiger partial charge in [-0.15, -0.1) is 0 Å². The number of piperazine rings is 1. The van der Waals surface area contributed by atoms with Gasteiger partial charge >= 0.3 is 8.56 Å². The Balaban J connectivity index is 2.06. The Bertz CT molecular complexity index is 183. The number of hydrogen-bond donors (Lipinski definition) is 1. The molecule has 0 unspecified atom stereocenters. The van der Waals surface area contributed by atoms with Crippen LogP contribution in [0.3, 0.4) is 0 Å². The normalized spacial score (nSPS) is 18.9. The van der Waals surface area contributed by atoms with Gasteiger partial charge in [0.1, 0.15) is 0 Å². The highest BCUT2D eigenvalue weighted by Gasteiger charge is 2.27. The van der Waals surface area contributed by atoms with Crippen LogP contribution in [0.1, 0.15) is 12.8 Å². The van der Waals surface area contributed by atoms with Gasteiger partial charge in [0.25, 0.3) is 0 Å². The van der Waals surface area contributed by atoms with Gasteiger partial charge in [0.15, 0.2) is 0 Å². The zero-order valence-electron chi connectivity index (χ0n) is 10.9. The van der Waals surface area contributed by atoms with Gasteiger partial charge in [-0.05, 0) is 25.6 Å². The zero-order valence-corrected chi connectivity index (χ0v) is 11.9. The molecule has 1 N–H and O–H groups in total. The highest BCUT2D eigenvalue weighted by Crippen LogP contribution is 2.15. The predicted octanol–water partition coefficient (Wildman–Crippen LogP) is 1.04. The van der Waals surface area contributed by atoms with Crippen molar-refractivity contribution in [3.05, 3.63) is 0 Å². The predicted molar refractivity (Wildman–Crippen MR) is 69.0 cm³/mol. The first-order chi connectivity index (χ1) is 7.70. The Labute approximate surface area is 101 Å². The third kappa shape index (κ3) is 4.93. The van der Waals surface area contributed by atoms with E-state index < -0.39 is 8.56 Å². The van der Waals surface area contributed by atoms with Crippen LogP contribution in [0.4, 0.5) is 0 Å². The summed E-state index contributed by atoms with van der Waals surface area (Å²) in [5.74, 6) is 0. The first kappa shape index (κ1) is 14.1. The van der Waals surface area contributed by atoms with Gasteiger partial charge in [-0.3, -0.25) is 0 Å². The summed E-state index contributed by atoms with van der Waals surface area (Å²) in [7, 11) is 1.72. The molecule has 0 aliphatic carbocycles. The van der Waals surface area contributed by atoms with Gasteiger partial charge in [-0.25, -0.2) is 0 Å². The second-order valence-electron chi connectivity index (χ2n) is 4.59. The summed E-state index contributed by atoms with van der Waals surface area (Å²) in [4.78, 5) is 2.54. The first-order valence-electron chi connectivity index (χ1n) is 6.23. The Hall–Kier alpha value is 0.0569. The van der Waals surface area contributed by atoms with Crippen molar-refractivity contribution in [1.29, 1.82) is 0 Å². The summed E-state index contributed by atoms with van der Waals surface area (Å²) in [6.07, 6.45) is 2.48. The van der Waals surface area contributed by atoms with E-state index in [2.05, 4.69) is 16.8 Å². The molecule has 1 heterocycles. The van der Waals surface area contributed by atoms with Crippen molar-refractivity contribution in [3.8, 4) is 0 Å². The van der Waals surface area contributed by atoms with Crippen LogP contribution in [0.25, 0.3) is 0 Å². The van der Waals surface area contributed by atoms with Crippen molar-refractivity contribution in [2.24, 2.45) is 0 Å². The van der Waals surface area contributed by atoms with Crippen molar-refractivity contribution < 1.29 is 8.85 Å². The van der Waals surface area contributed by atoms with E-state index in [4.69, 9.17) is 8.85 Å². The highest BCUT2D eigenvalue weighted by atomic mass is 28.4. The summed E-state index contributed by atoms with van der Waals surface area (Å²) >= 11 is 0. The van der Waals surface area contributed by atoms with Gasteiger partial charge in [0.05, 0.1) is 0 Å². The molecule has 1 rings (SSSR count). The van der Waals surface area contributed by atoms with Gasteiger partial charge in [0, 0.05) is 40.4 Å². The maximum absolute atomic E-state index is 5.47. The number of unbranched alkanes of at least 4 members (excludes halogenated alkanes) is 1. The van der Waals surface area contributed by atoms with Crippen LogP contribution in [0.5, 0.6) is 0 Å². The molecule has 0 spiro atoms. The average molecular weight is 246 g/mol. The SMILES string of the molecule is CO[Si](C)(CCCCN1CCNCC1)OC. The Morgan fingerprint density at radius 2 is 1.75 bits per heavy atom. The minimum absolute atomic E-state index is 1.10. The molecular weight excluding hydrogens is 220 g/mol. The van der Waals surface area contributed by atoms with E-state index in [9.17, 15) is 0 Å². The van der Waals surface area contributed by atoms with E-state index in [1.165, 1.54) is 32.5 Å². The number of hydrogen-bond acceptors (Lipinski definition) is 4. The molecule has 0 aromatic rings. The molecule has 0 atom stereocenters. The lowest BCUT2D eigenvalue weighted by Crippen LogP contribution is -2.43. The minimum Gasteiger partial charge on any atom is -0.398 e. The van der Waals surface area contributed by atoms with Crippen LogP contribution >= 0.6 is 0 Å². The molecule has 1 saturated heterocycles. The zero-order chi connectivity index (χ0) is 11.9. The highest BCUT2D eigenvalue weighted by molar-refractivity contribution is 6.65. The number of nitrogens with one attached hydrogen (secondary N) is 1. The summed E-state index contributed by atoms with van der Waals surface area (Å²) in [5, 5.41) is 3.37. The maximum Gasteiger partial charge on any atom is 0.334 e. The van der Waals surface area contributed by atoms with E-state index in [1.807, 2.05) is 0 Å². The van der Waals surface area contributed by atoms with Gasteiger partial charge < -0.3 is 19.1 Å². The van der Waals surface area contributed by atoms with Crippen molar-refractivity contribution >= 4 is 8.56 Å². The lowest BCUT2D eigenvalue weighted by molar-refractivity contribution is 0.231. The summed E-state index contributed by atoms with van der Waals surface area (Å²) in [6.45, 7) is 8.04. The quantitative estimate of drug-likeness (QED) is 0.537. The fraction of sp³-hybridized carbons (Fsp3) is 1.00. The van der Waals surface area contributed by atoms with Gasteiger partial charge in [0.2, 0.25) is 0 Å². The summed E-state index contributed by atoms with van der Waals surface area (Å²) in [6, 6.07) is 1.10. The average Bonchev–Trinajstić information content (AvgIpc) is 2.36. The van der Waals surface area contributed by atoms with Gasteiger partial charge in [-0.1, -0.05) is 6.42 Å². The molecule has 0 radical (unpaired) electrons. The molecule has 5 heteroatoms. The van der Waals surface area contributed by atoms with E-state index >= 15 is 0 Å². The van der Waals surface area contributed by atoms with Crippen LogP contribution in [0, 0.1) is 0 Å². The number of rotatable bonds is 7. The molecular formula is C11H26N2O2Si. The fourth-order valence-corrected chi connectivity index (χ4v) is 3.47. The first-order valence-corrected chi connectivity index (χ1v) is 8.76. The molecule has 4 nitrogen and oxygen atoms in total. The second-order valence-corrected chi connectivity index (χ2v) is 8.17. The van der Waals surface area contributed by atoms with E-state index in [0.717, 1.165) is 19.1 Å². The molecule has 0 amide bonds. The van der Waals surface area contributed by atoms with Crippen LogP contribution in [0.15, 0.2) is 0 Å². The number of nitrogens with zero attached hydrogens (tertiary/aromatic N) is 1. The van der Waals surface area contributed by atoms with Gasteiger partial charge in [-0.2, -0.15) is 0 Å². The topological polar surface area (TPSA) is 33.7 Å². The lowest BCUT2D eigenvalue weighted by atomic mass is 10.3. The van der Waals surface area contributed by atoms with Crippen molar-refractivity contribution in [2.45, 2.75) is 25.4 Å². The maximum atomic E-state index is 5.47. The van der Waals surface area contributed by atoms with E-state index in [0.29, 0.717) is 0 Å². The van der Waals surface area contributed by atoms with E-state index in [1.54, 1.807) is 14.2 Å². The molecule has 0 aromatic carbocycles. The molecule has 1 fully saturated rings.